The monoisotopic (exact) mass is 440 g/mol. The third kappa shape index (κ3) is 10.8. The van der Waals surface area contributed by atoms with Gasteiger partial charge in [-0.3, -0.25) is 4.79 Å². The predicted octanol–water partition coefficient (Wildman–Crippen LogP) is 1.84. The Kier molecular flexibility index (Phi) is 13.5. The lowest BCUT2D eigenvalue weighted by Gasteiger charge is -2.23. The van der Waals surface area contributed by atoms with E-state index in [4.69, 9.17) is 4.74 Å². The Morgan fingerprint density at radius 1 is 1.22 bits per heavy atom. The van der Waals surface area contributed by atoms with Crippen LogP contribution >= 0.6 is 24.0 Å². The number of likely N-dealkylation sites (N-methyl/N-ethyl adjacent to an activating group) is 1. The summed E-state index contributed by atoms with van der Waals surface area (Å²) in [6, 6.07) is 0. The van der Waals surface area contributed by atoms with Crippen molar-refractivity contribution in [1.29, 1.82) is 0 Å². The third-order valence-corrected chi connectivity index (χ3v) is 3.90. The van der Waals surface area contributed by atoms with Crippen molar-refractivity contribution in [2.75, 3.05) is 46.9 Å². The number of amides is 1. The summed E-state index contributed by atoms with van der Waals surface area (Å²) in [4.78, 5) is 17.6. The number of carbonyl (C=O) groups excluding carboxylic acids is 1. The minimum atomic E-state index is 0. The van der Waals surface area contributed by atoms with Crippen LogP contribution in [-0.4, -0.2) is 63.7 Å². The van der Waals surface area contributed by atoms with E-state index in [1.54, 1.807) is 19.0 Å². The van der Waals surface area contributed by atoms with Crippen molar-refractivity contribution in [3.05, 3.63) is 0 Å². The van der Waals surface area contributed by atoms with Crippen LogP contribution in [0.1, 0.15) is 39.0 Å². The molecular formula is C16H33IN4O2. The molecule has 1 amide bonds. The fourth-order valence-electron chi connectivity index (χ4n) is 2.48. The zero-order chi connectivity index (χ0) is 16.2. The zero-order valence-electron chi connectivity index (χ0n) is 14.8. The summed E-state index contributed by atoms with van der Waals surface area (Å²) < 4.78 is 5.32. The summed E-state index contributed by atoms with van der Waals surface area (Å²) in [5.74, 6) is 1.43. The first kappa shape index (κ1) is 22.4. The van der Waals surface area contributed by atoms with E-state index in [0.29, 0.717) is 25.7 Å². The van der Waals surface area contributed by atoms with Gasteiger partial charge in [-0.05, 0) is 25.7 Å². The molecule has 1 aliphatic rings. The molecular weight excluding hydrogens is 407 g/mol. The molecule has 136 valence electrons. The van der Waals surface area contributed by atoms with Crippen LogP contribution in [0.25, 0.3) is 0 Å². The number of carbonyl (C=O) groups is 1. The van der Waals surface area contributed by atoms with E-state index in [1.165, 1.54) is 32.1 Å². The molecule has 0 spiro atoms. The standard InChI is InChI=1S/C16H32N4O2.HI/c1-4-22-11-10-17-16(19-13-15(21)20(2)3)18-12-14-8-6-5-7-9-14;/h14H,4-13H2,1-3H3,(H2,17,18,19);1H. The number of ether oxygens (including phenoxy) is 1. The summed E-state index contributed by atoms with van der Waals surface area (Å²) >= 11 is 0. The first-order valence-corrected chi connectivity index (χ1v) is 8.43. The SMILES string of the molecule is CCOCCNC(=NCC(=O)N(C)C)NCC1CCCCC1.I. The number of nitrogens with one attached hydrogen (secondary N) is 2. The number of aliphatic imine (C=N–C) groups is 1. The van der Waals surface area contributed by atoms with Crippen molar-refractivity contribution in [2.24, 2.45) is 10.9 Å². The Balaban J connectivity index is 0.00000484. The Bertz CT molecular complexity index is 345. The van der Waals surface area contributed by atoms with Crippen LogP contribution in [-0.2, 0) is 9.53 Å². The van der Waals surface area contributed by atoms with E-state index in [0.717, 1.165) is 12.5 Å². The van der Waals surface area contributed by atoms with E-state index in [1.807, 2.05) is 6.92 Å². The van der Waals surface area contributed by atoms with Crippen molar-refractivity contribution in [1.82, 2.24) is 15.5 Å². The Hall–Kier alpha value is -0.570. The van der Waals surface area contributed by atoms with Gasteiger partial charge in [0.15, 0.2) is 5.96 Å². The number of rotatable bonds is 8. The van der Waals surface area contributed by atoms with E-state index >= 15 is 0 Å². The lowest BCUT2D eigenvalue weighted by molar-refractivity contribution is -0.127. The number of hydrogen-bond donors (Lipinski definition) is 2. The van der Waals surface area contributed by atoms with Crippen molar-refractivity contribution in [3.63, 3.8) is 0 Å². The van der Waals surface area contributed by atoms with Crippen LogP contribution in [0.15, 0.2) is 4.99 Å². The van der Waals surface area contributed by atoms with E-state index in [-0.39, 0.29) is 36.4 Å². The average molecular weight is 440 g/mol. The molecule has 6 nitrogen and oxygen atoms in total. The number of guanidine groups is 1. The van der Waals surface area contributed by atoms with Gasteiger partial charge in [0, 0.05) is 33.8 Å². The van der Waals surface area contributed by atoms with Gasteiger partial charge < -0.3 is 20.3 Å². The quantitative estimate of drug-likeness (QED) is 0.262. The number of halogens is 1. The highest BCUT2D eigenvalue weighted by Gasteiger charge is 2.13. The summed E-state index contributed by atoms with van der Waals surface area (Å²) in [5.41, 5.74) is 0. The summed E-state index contributed by atoms with van der Waals surface area (Å²) in [6.45, 7) is 5.12. The van der Waals surface area contributed by atoms with Gasteiger partial charge in [-0.25, -0.2) is 4.99 Å². The lowest BCUT2D eigenvalue weighted by Crippen LogP contribution is -2.42. The van der Waals surface area contributed by atoms with Crippen molar-refractivity contribution in [3.8, 4) is 0 Å². The second kappa shape index (κ2) is 13.8. The van der Waals surface area contributed by atoms with Gasteiger partial charge in [0.05, 0.1) is 6.61 Å². The Morgan fingerprint density at radius 2 is 1.91 bits per heavy atom. The topological polar surface area (TPSA) is 66.0 Å². The molecule has 0 saturated heterocycles. The molecule has 0 radical (unpaired) electrons. The van der Waals surface area contributed by atoms with Gasteiger partial charge in [-0.15, -0.1) is 24.0 Å². The summed E-state index contributed by atoms with van der Waals surface area (Å²) in [7, 11) is 3.49. The van der Waals surface area contributed by atoms with Crippen LogP contribution in [0.2, 0.25) is 0 Å². The highest BCUT2D eigenvalue weighted by molar-refractivity contribution is 14.0. The smallest absolute Gasteiger partial charge is 0.243 e. The molecule has 0 aromatic carbocycles. The first-order chi connectivity index (χ1) is 10.6. The third-order valence-electron chi connectivity index (χ3n) is 3.90. The molecule has 7 heteroatoms. The van der Waals surface area contributed by atoms with Crippen LogP contribution < -0.4 is 10.6 Å². The highest BCUT2D eigenvalue weighted by atomic mass is 127. The molecule has 2 N–H and O–H groups in total. The molecule has 0 atom stereocenters. The Morgan fingerprint density at radius 3 is 2.52 bits per heavy atom. The van der Waals surface area contributed by atoms with Gasteiger partial charge in [-0.2, -0.15) is 0 Å². The van der Waals surface area contributed by atoms with Gasteiger partial charge in [0.25, 0.3) is 0 Å². The predicted molar refractivity (Wildman–Crippen MR) is 105 cm³/mol. The van der Waals surface area contributed by atoms with Gasteiger partial charge in [-0.1, -0.05) is 19.3 Å². The lowest BCUT2D eigenvalue weighted by atomic mass is 9.89. The second-order valence-electron chi connectivity index (χ2n) is 5.96. The number of hydrogen-bond acceptors (Lipinski definition) is 3. The molecule has 0 bridgehead atoms. The fourth-order valence-corrected chi connectivity index (χ4v) is 2.48. The normalized spacial score (nSPS) is 15.7. The van der Waals surface area contributed by atoms with Crippen LogP contribution in [0, 0.1) is 5.92 Å². The van der Waals surface area contributed by atoms with Gasteiger partial charge in [0.2, 0.25) is 5.91 Å². The zero-order valence-corrected chi connectivity index (χ0v) is 17.1. The van der Waals surface area contributed by atoms with Crippen molar-refractivity contribution >= 4 is 35.8 Å². The first-order valence-electron chi connectivity index (χ1n) is 8.43. The van der Waals surface area contributed by atoms with E-state index in [9.17, 15) is 4.79 Å². The maximum Gasteiger partial charge on any atom is 0.243 e. The molecule has 1 saturated carbocycles. The molecule has 0 heterocycles. The number of nitrogens with zero attached hydrogens (tertiary/aromatic N) is 2. The molecule has 0 aromatic heterocycles. The maximum atomic E-state index is 11.7. The molecule has 0 aromatic rings. The average Bonchev–Trinajstić information content (AvgIpc) is 2.53. The minimum absolute atomic E-state index is 0. The van der Waals surface area contributed by atoms with Crippen molar-refractivity contribution in [2.45, 2.75) is 39.0 Å². The van der Waals surface area contributed by atoms with Crippen LogP contribution in [0.3, 0.4) is 0 Å². The molecule has 1 fully saturated rings. The van der Waals surface area contributed by atoms with Gasteiger partial charge in [0.1, 0.15) is 6.54 Å². The van der Waals surface area contributed by atoms with Crippen LogP contribution in [0.5, 0.6) is 0 Å². The summed E-state index contributed by atoms with van der Waals surface area (Å²) in [5, 5.41) is 6.60. The maximum absolute atomic E-state index is 11.7. The molecule has 1 aliphatic carbocycles. The fraction of sp³-hybridized carbons (Fsp3) is 0.875. The van der Waals surface area contributed by atoms with Crippen molar-refractivity contribution < 1.29 is 9.53 Å². The minimum Gasteiger partial charge on any atom is -0.380 e. The Labute approximate surface area is 157 Å². The second-order valence-corrected chi connectivity index (χ2v) is 5.96. The molecule has 0 aliphatic heterocycles. The largest absolute Gasteiger partial charge is 0.380 e. The molecule has 0 unspecified atom stereocenters. The van der Waals surface area contributed by atoms with Crippen LogP contribution in [0.4, 0.5) is 0 Å². The highest BCUT2D eigenvalue weighted by Crippen LogP contribution is 2.22. The van der Waals surface area contributed by atoms with E-state index < -0.39 is 0 Å². The molecule has 23 heavy (non-hydrogen) atoms. The van der Waals surface area contributed by atoms with Gasteiger partial charge >= 0.3 is 0 Å². The van der Waals surface area contributed by atoms with E-state index in [2.05, 4.69) is 15.6 Å². The molecule has 1 rings (SSSR count). The summed E-state index contributed by atoms with van der Waals surface area (Å²) in [6.07, 6.45) is 6.60.